The fourth-order valence-corrected chi connectivity index (χ4v) is 3.35. The molecule has 0 aliphatic carbocycles. The van der Waals surface area contributed by atoms with Gasteiger partial charge >= 0.3 is 0 Å². The Morgan fingerprint density at radius 1 is 1.13 bits per heavy atom. The summed E-state index contributed by atoms with van der Waals surface area (Å²) in [7, 11) is -2.07. The second-order valence-corrected chi connectivity index (χ2v) is 8.42. The molecule has 0 amide bonds. The zero-order valence-corrected chi connectivity index (χ0v) is 21.0. The van der Waals surface area contributed by atoms with Crippen LogP contribution in [-0.4, -0.2) is 40.6 Å². The van der Waals surface area contributed by atoms with Crippen molar-refractivity contribution in [3.8, 4) is 5.75 Å². The lowest BCUT2D eigenvalue weighted by Crippen LogP contribution is -2.42. The van der Waals surface area contributed by atoms with Crippen molar-refractivity contribution >= 4 is 40.0 Å². The lowest BCUT2D eigenvalue weighted by molar-refractivity contribution is 0.198. The van der Waals surface area contributed by atoms with E-state index in [9.17, 15) is 12.8 Å². The van der Waals surface area contributed by atoms with Crippen molar-refractivity contribution in [1.82, 2.24) is 15.4 Å². The normalized spacial score (nSPS) is 12.6. The molecule has 2 rings (SSSR count). The molecule has 0 fully saturated rings. The second-order valence-electron chi connectivity index (χ2n) is 6.53. The van der Waals surface area contributed by atoms with Crippen molar-refractivity contribution in [2.75, 3.05) is 20.1 Å². The average molecular weight is 564 g/mol. The van der Waals surface area contributed by atoms with Crippen LogP contribution in [0.4, 0.5) is 4.39 Å². The first-order valence-electron chi connectivity index (χ1n) is 9.84. The monoisotopic (exact) mass is 564 g/mol. The van der Waals surface area contributed by atoms with E-state index in [1.807, 2.05) is 13.8 Å². The Morgan fingerprint density at radius 3 is 2.42 bits per heavy atom. The Morgan fingerprint density at radius 2 is 1.84 bits per heavy atom. The van der Waals surface area contributed by atoms with Gasteiger partial charge in [0.15, 0.2) is 5.96 Å². The molecule has 10 heteroatoms. The van der Waals surface area contributed by atoms with Crippen LogP contribution in [0.1, 0.15) is 25.8 Å². The first-order valence-corrected chi connectivity index (χ1v) is 11.3. The Labute approximate surface area is 201 Å². The van der Waals surface area contributed by atoms with Gasteiger partial charge in [-0.3, -0.25) is 0 Å². The molecule has 0 aliphatic heterocycles. The number of ether oxygens (including phenoxy) is 1. The van der Waals surface area contributed by atoms with E-state index < -0.39 is 10.0 Å². The summed E-state index contributed by atoms with van der Waals surface area (Å²) < 4.78 is 45.1. The molecule has 3 N–H and O–H groups in total. The van der Waals surface area contributed by atoms with Gasteiger partial charge in [-0.25, -0.2) is 22.5 Å². The number of nitrogens with zero attached hydrogens (tertiary/aromatic N) is 1. The van der Waals surface area contributed by atoms with Crippen LogP contribution < -0.4 is 20.1 Å². The average Bonchev–Trinajstić information content (AvgIpc) is 2.75. The first kappa shape index (κ1) is 27.1. The van der Waals surface area contributed by atoms with Crippen LogP contribution in [0.3, 0.4) is 0 Å². The van der Waals surface area contributed by atoms with Gasteiger partial charge in [-0.05, 0) is 50.2 Å². The SMILES string of the molecule is CCNC(=NCc1ccc(S(=O)(=O)NC)cc1)NCC(CC)Oc1cccc(F)c1.I. The second kappa shape index (κ2) is 13.5. The summed E-state index contributed by atoms with van der Waals surface area (Å²) >= 11 is 0. The highest BCUT2D eigenvalue weighted by Crippen LogP contribution is 2.15. The highest BCUT2D eigenvalue weighted by molar-refractivity contribution is 14.0. The van der Waals surface area contributed by atoms with Gasteiger partial charge in [0.25, 0.3) is 0 Å². The molecule has 2 aromatic rings. The van der Waals surface area contributed by atoms with E-state index in [2.05, 4.69) is 20.3 Å². The molecule has 0 bridgehead atoms. The predicted octanol–water partition coefficient (Wildman–Crippen LogP) is 3.26. The van der Waals surface area contributed by atoms with E-state index >= 15 is 0 Å². The number of hydrogen-bond acceptors (Lipinski definition) is 4. The zero-order chi connectivity index (χ0) is 22.0. The minimum absolute atomic E-state index is 0. The maximum absolute atomic E-state index is 13.3. The van der Waals surface area contributed by atoms with Gasteiger partial charge in [0.2, 0.25) is 10.0 Å². The molecule has 1 unspecified atom stereocenters. The number of hydrogen-bond donors (Lipinski definition) is 3. The van der Waals surface area contributed by atoms with Crippen LogP contribution in [0, 0.1) is 5.82 Å². The number of benzene rings is 2. The smallest absolute Gasteiger partial charge is 0.240 e. The minimum atomic E-state index is -3.45. The van der Waals surface area contributed by atoms with Crippen LogP contribution in [-0.2, 0) is 16.6 Å². The molecule has 0 aromatic heterocycles. The quantitative estimate of drug-likeness (QED) is 0.234. The molecular weight excluding hydrogens is 534 g/mol. The van der Waals surface area contributed by atoms with Crippen molar-refractivity contribution in [2.45, 2.75) is 37.8 Å². The molecule has 0 aliphatic rings. The molecule has 0 heterocycles. The van der Waals surface area contributed by atoms with Crippen molar-refractivity contribution in [3.05, 3.63) is 59.9 Å². The van der Waals surface area contributed by atoms with Crippen molar-refractivity contribution in [2.24, 2.45) is 4.99 Å². The summed E-state index contributed by atoms with van der Waals surface area (Å²) in [5.41, 5.74) is 0.880. The minimum Gasteiger partial charge on any atom is -0.489 e. The van der Waals surface area contributed by atoms with Crippen molar-refractivity contribution in [1.29, 1.82) is 0 Å². The topological polar surface area (TPSA) is 91.8 Å². The molecule has 1 atom stereocenters. The number of halogens is 2. The molecule has 31 heavy (non-hydrogen) atoms. The van der Waals surface area contributed by atoms with Crippen LogP contribution in [0.15, 0.2) is 58.4 Å². The lowest BCUT2D eigenvalue weighted by atomic mass is 10.2. The molecule has 0 radical (unpaired) electrons. The molecule has 2 aromatic carbocycles. The summed E-state index contributed by atoms with van der Waals surface area (Å²) in [6.07, 6.45) is 0.589. The maximum atomic E-state index is 13.3. The largest absolute Gasteiger partial charge is 0.489 e. The van der Waals surface area contributed by atoms with E-state index in [0.717, 1.165) is 12.0 Å². The summed E-state index contributed by atoms with van der Waals surface area (Å²) in [6, 6.07) is 12.7. The Hall–Kier alpha value is -1.92. The Balaban J connectivity index is 0.00000480. The number of guanidine groups is 1. The third-order valence-corrected chi connectivity index (χ3v) is 5.75. The summed E-state index contributed by atoms with van der Waals surface area (Å²) in [4.78, 5) is 4.75. The van der Waals surface area contributed by atoms with Gasteiger partial charge in [0.1, 0.15) is 17.7 Å². The lowest BCUT2D eigenvalue weighted by Gasteiger charge is -2.20. The molecule has 172 valence electrons. The van der Waals surface area contributed by atoms with Crippen LogP contribution in [0.2, 0.25) is 0 Å². The predicted molar refractivity (Wildman–Crippen MR) is 132 cm³/mol. The number of aliphatic imine (C=N–C) groups is 1. The fraction of sp³-hybridized carbons (Fsp3) is 0.381. The van der Waals surface area contributed by atoms with E-state index in [0.29, 0.717) is 31.3 Å². The van der Waals surface area contributed by atoms with E-state index in [-0.39, 0.29) is 40.8 Å². The Kier molecular flexibility index (Phi) is 11.8. The molecule has 0 saturated carbocycles. The number of sulfonamides is 1. The van der Waals surface area contributed by atoms with Crippen LogP contribution in [0.5, 0.6) is 5.75 Å². The number of nitrogens with one attached hydrogen (secondary N) is 3. The first-order chi connectivity index (χ1) is 14.4. The third kappa shape index (κ3) is 8.99. The van der Waals surface area contributed by atoms with Gasteiger partial charge in [-0.1, -0.05) is 25.1 Å². The summed E-state index contributed by atoms with van der Waals surface area (Å²) in [6.45, 7) is 5.54. The van der Waals surface area contributed by atoms with Crippen LogP contribution >= 0.6 is 24.0 Å². The Bertz CT molecular complexity index is 940. The highest BCUT2D eigenvalue weighted by Gasteiger charge is 2.11. The molecule has 7 nitrogen and oxygen atoms in total. The summed E-state index contributed by atoms with van der Waals surface area (Å²) in [5.74, 6) is 0.770. The van der Waals surface area contributed by atoms with Crippen molar-refractivity contribution < 1.29 is 17.5 Å². The van der Waals surface area contributed by atoms with E-state index in [1.54, 1.807) is 36.4 Å². The van der Waals surface area contributed by atoms with Crippen LogP contribution in [0.25, 0.3) is 0 Å². The molecular formula is C21H30FIN4O3S. The zero-order valence-electron chi connectivity index (χ0n) is 17.9. The van der Waals surface area contributed by atoms with Gasteiger partial charge in [-0.2, -0.15) is 0 Å². The van der Waals surface area contributed by atoms with Gasteiger partial charge in [-0.15, -0.1) is 24.0 Å². The van der Waals surface area contributed by atoms with Crippen molar-refractivity contribution in [3.63, 3.8) is 0 Å². The van der Waals surface area contributed by atoms with Gasteiger partial charge in [0.05, 0.1) is 18.0 Å². The van der Waals surface area contributed by atoms with E-state index in [1.165, 1.54) is 19.2 Å². The third-order valence-electron chi connectivity index (χ3n) is 4.32. The fourth-order valence-electron chi connectivity index (χ4n) is 2.62. The maximum Gasteiger partial charge on any atom is 0.240 e. The van der Waals surface area contributed by atoms with E-state index in [4.69, 9.17) is 4.74 Å². The summed E-state index contributed by atoms with van der Waals surface area (Å²) in [5, 5.41) is 6.40. The molecule has 0 spiro atoms. The molecule has 0 saturated heterocycles. The van der Waals surface area contributed by atoms with Gasteiger partial charge in [0, 0.05) is 12.6 Å². The highest BCUT2D eigenvalue weighted by atomic mass is 127. The van der Waals surface area contributed by atoms with Gasteiger partial charge < -0.3 is 15.4 Å². The standard InChI is InChI=1S/C21H29FN4O3S.HI/c1-4-18(29-19-8-6-7-17(22)13-19)15-26-21(24-5-2)25-14-16-9-11-20(12-10-16)30(27,28)23-3;/h6-13,18,23H,4-5,14-15H2,1-3H3,(H2,24,25,26);1H. The number of rotatable bonds is 10.